The minimum Gasteiger partial charge on any atom is -0.497 e. The Morgan fingerprint density at radius 3 is 2.20 bits per heavy atom. The number of carbonyl (C=O) groups excluding carboxylic acids is 1. The molecule has 2 aromatic rings. The number of hydrogen-bond donors (Lipinski definition) is 1. The summed E-state index contributed by atoms with van der Waals surface area (Å²) in [5.41, 5.74) is 1.20. The number of anilines is 1. The number of benzene rings is 2. The molecular weight excluding hydrogens is 346 g/mol. The number of carbonyl (C=O) groups is 1. The first kappa shape index (κ1) is 18.7. The smallest absolute Gasteiger partial charge is 0.229 e. The standard InChI is InChI=1S/C18H20ClNO5/c1-22-12-6-5-11(15(8-12)23-2)7-18(21)20-14-9-13(19)16(24-3)10-17(14)25-4/h5-6,8-10H,7H2,1-4H3,(H,20,21). The number of nitrogens with one attached hydrogen (secondary N) is 1. The third-order valence-corrected chi connectivity index (χ3v) is 3.89. The molecule has 0 aliphatic heterocycles. The zero-order valence-electron chi connectivity index (χ0n) is 14.5. The Morgan fingerprint density at radius 2 is 1.60 bits per heavy atom. The lowest BCUT2D eigenvalue weighted by molar-refractivity contribution is -0.115. The van der Waals surface area contributed by atoms with Gasteiger partial charge in [-0.3, -0.25) is 4.79 Å². The van der Waals surface area contributed by atoms with Gasteiger partial charge in [-0.1, -0.05) is 17.7 Å². The highest BCUT2D eigenvalue weighted by molar-refractivity contribution is 6.32. The topological polar surface area (TPSA) is 66.0 Å². The monoisotopic (exact) mass is 365 g/mol. The van der Waals surface area contributed by atoms with Crippen LogP contribution in [-0.2, 0) is 11.2 Å². The van der Waals surface area contributed by atoms with Crippen LogP contribution < -0.4 is 24.3 Å². The van der Waals surface area contributed by atoms with E-state index in [1.54, 1.807) is 44.6 Å². The van der Waals surface area contributed by atoms with Gasteiger partial charge in [0.25, 0.3) is 0 Å². The molecule has 0 saturated heterocycles. The van der Waals surface area contributed by atoms with Crippen LogP contribution in [0.2, 0.25) is 5.02 Å². The first-order chi connectivity index (χ1) is 12.0. The van der Waals surface area contributed by atoms with Gasteiger partial charge >= 0.3 is 0 Å². The van der Waals surface area contributed by atoms with Gasteiger partial charge in [-0.15, -0.1) is 0 Å². The van der Waals surface area contributed by atoms with Gasteiger partial charge in [-0.05, 0) is 12.1 Å². The van der Waals surface area contributed by atoms with E-state index < -0.39 is 0 Å². The largest absolute Gasteiger partial charge is 0.497 e. The van der Waals surface area contributed by atoms with Crippen molar-refractivity contribution in [3.63, 3.8) is 0 Å². The van der Waals surface area contributed by atoms with Gasteiger partial charge in [0.2, 0.25) is 5.91 Å². The molecule has 134 valence electrons. The highest BCUT2D eigenvalue weighted by Gasteiger charge is 2.15. The Hall–Kier alpha value is -2.60. The third-order valence-electron chi connectivity index (χ3n) is 3.59. The fourth-order valence-corrected chi connectivity index (χ4v) is 2.56. The van der Waals surface area contributed by atoms with Crippen molar-refractivity contribution in [2.75, 3.05) is 33.8 Å². The van der Waals surface area contributed by atoms with Crippen molar-refractivity contribution in [1.29, 1.82) is 0 Å². The Labute approximate surface area is 151 Å². The van der Waals surface area contributed by atoms with Crippen LogP contribution in [0.3, 0.4) is 0 Å². The predicted molar refractivity (Wildman–Crippen MR) is 96.4 cm³/mol. The van der Waals surface area contributed by atoms with Crippen molar-refractivity contribution in [1.82, 2.24) is 0 Å². The van der Waals surface area contributed by atoms with E-state index in [1.165, 1.54) is 14.2 Å². The van der Waals surface area contributed by atoms with Crippen LogP contribution in [0.15, 0.2) is 30.3 Å². The Balaban J connectivity index is 2.19. The number of hydrogen-bond acceptors (Lipinski definition) is 5. The quantitative estimate of drug-likeness (QED) is 0.812. The molecule has 0 aromatic heterocycles. The van der Waals surface area contributed by atoms with E-state index in [4.69, 9.17) is 30.5 Å². The molecule has 7 heteroatoms. The van der Waals surface area contributed by atoms with Gasteiger partial charge in [0.05, 0.1) is 45.6 Å². The molecule has 0 aliphatic carbocycles. The molecule has 0 heterocycles. The molecule has 2 rings (SSSR count). The zero-order valence-corrected chi connectivity index (χ0v) is 15.3. The number of ether oxygens (including phenoxy) is 4. The lowest BCUT2D eigenvalue weighted by Gasteiger charge is -2.14. The molecule has 0 unspecified atom stereocenters. The summed E-state index contributed by atoms with van der Waals surface area (Å²) in [7, 11) is 6.13. The maximum Gasteiger partial charge on any atom is 0.229 e. The molecule has 0 atom stereocenters. The Morgan fingerprint density at radius 1 is 0.920 bits per heavy atom. The number of halogens is 1. The molecule has 1 amide bonds. The molecule has 2 aromatic carbocycles. The molecule has 25 heavy (non-hydrogen) atoms. The van der Waals surface area contributed by atoms with Crippen molar-refractivity contribution in [3.8, 4) is 23.0 Å². The average Bonchev–Trinajstić information content (AvgIpc) is 2.62. The SMILES string of the molecule is COc1ccc(CC(=O)Nc2cc(Cl)c(OC)cc2OC)c(OC)c1. The predicted octanol–water partition coefficient (Wildman–Crippen LogP) is 3.56. The van der Waals surface area contributed by atoms with E-state index in [0.717, 1.165) is 5.56 Å². The summed E-state index contributed by atoms with van der Waals surface area (Å²) < 4.78 is 20.9. The van der Waals surface area contributed by atoms with Crippen LogP contribution in [0.1, 0.15) is 5.56 Å². The number of rotatable bonds is 7. The van der Waals surface area contributed by atoms with Crippen LogP contribution in [-0.4, -0.2) is 34.3 Å². The van der Waals surface area contributed by atoms with Crippen LogP contribution in [0, 0.1) is 0 Å². The second kappa shape index (κ2) is 8.48. The number of amides is 1. The second-order valence-electron chi connectivity index (χ2n) is 5.09. The van der Waals surface area contributed by atoms with E-state index in [-0.39, 0.29) is 12.3 Å². The molecule has 0 saturated carbocycles. The van der Waals surface area contributed by atoms with Crippen molar-refractivity contribution in [3.05, 3.63) is 40.9 Å². The van der Waals surface area contributed by atoms with Gasteiger partial charge in [0.15, 0.2) is 0 Å². The van der Waals surface area contributed by atoms with Crippen LogP contribution in [0.5, 0.6) is 23.0 Å². The lowest BCUT2D eigenvalue weighted by Crippen LogP contribution is -2.15. The minimum atomic E-state index is -0.233. The summed E-state index contributed by atoms with van der Waals surface area (Å²) in [6, 6.07) is 8.49. The van der Waals surface area contributed by atoms with Gasteiger partial charge in [0, 0.05) is 17.7 Å². The van der Waals surface area contributed by atoms with Gasteiger partial charge in [-0.25, -0.2) is 0 Å². The van der Waals surface area contributed by atoms with Gasteiger partial charge < -0.3 is 24.3 Å². The number of methoxy groups -OCH3 is 4. The second-order valence-corrected chi connectivity index (χ2v) is 5.50. The highest BCUT2D eigenvalue weighted by Crippen LogP contribution is 2.36. The molecule has 1 N–H and O–H groups in total. The third kappa shape index (κ3) is 4.48. The molecule has 0 fully saturated rings. The summed E-state index contributed by atoms with van der Waals surface area (Å²) >= 11 is 6.12. The van der Waals surface area contributed by atoms with E-state index in [9.17, 15) is 4.79 Å². The Kier molecular flexibility index (Phi) is 6.36. The van der Waals surface area contributed by atoms with Crippen molar-refractivity contribution < 1.29 is 23.7 Å². The van der Waals surface area contributed by atoms with Crippen LogP contribution in [0.25, 0.3) is 0 Å². The fourth-order valence-electron chi connectivity index (χ4n) is 2.32. The molecule has 0 spiro atoms. The lowest BCUT2D eigenvalue weighted by atomic mass is 10.1. The average molecular weight is 366 g/mol. The zero-order chi connectivity index (χ0) is 18.4. The molecule has 0 radical (unpaired) electrons. The molecular formula is C18H20ClNO5. The molecule has 6 nitrogen and oxygen atoms in total. The summed E-state index contributed by atoms with van der Waals surface area (Å²) in [6.07, 6.45) is 0.125. The van der Waals surface area contributed by atoms with Gasteiger partial charge in [-0.2, -0.15) is 0 Å². The van der Waals surface area contributed by atoms with E-state index in [0.29, 0.717) is 33.7 Å². The van der Waals surface area contributed by atoms with Crippen molar-refractivity contribution >= 4 is 23.2 Å². The first-order valence-electron chi connectivity index (χ1n) is 7.44. The summed E-state index contributed by atoms with van der Waals surface area (Å²) in [5.74, 6) is 1.92. The first-order valence-corrected chi connectivity index (χ1v) is 7.82. The van der Waals surface area contributed by atoms with Gasteiger partial charge in [0.1, 0.15) is 23.0 Å². The van der Waals surface area contributed by atoms with E-state index >= 15 is 0 Å². The van der Waals surface area contributed by atoms with E-state index in [2.05, 4.69) is 5.32 Å². The molecule has 0 aliphatic rings. The maximum absolute atomic E-state index is 12.4. The fraction of sp³-hybridized carbons (Fsp3) is 0.278. The molecule has 0 bridgehead atoms. The summed E-state index contributed by atoms with van der Waals surface area (Å²) in [6.45, 7) is 0. The highest BCUT2D eigenvalue weighted by atomic mass is 35.5. The summed E-state index contributed by atoms with van der Waals surface area (Å²) in [4.78, 5) is 12.4. The minimum absolute atomic E-state index is 0.125. The normalized spacial score (nSPS) is 10.1. The maximum atomic E-state index is 12.4. The van der Waals surface area contributed by atoms with Crippen LogP contribution >= 0.6 is 11.6 Å². The Bertz CT molecular complexity index is 763. The van der Waals surface area contributed by atoms with Crippen molar-refractivity contribution in [2.45, 2.75) is 6.42 Å². The van der Waals surface area contributed by atoms with Crippen molar-refractivity contribution in [2.24, 2.45) is 0 Å². The van der Waals surface area contributed by atoms with E-state index in [1.807, 2.05) is 0 Å². The summed E-state index contributed by atoms with van der Waals surface area (Å²) in [5, 5.41) is 3.17. The van der Waals surface area contributed by atoms with Crippen LogP contribution in [0.4, 0.5) is 5.69 Å².